The Kier molecular flexibility index (Phi) is 24.5. The SMILES string of the molecule is CC.NCCOCCOCCOCCOCCO. The summed E-state index contributed by atoms with van der Waals surface area (Å²) in [6.07, 6.45) is 0. The van der Waals surface area contributed by atoms with Crippen LogP contribution in [0.3, 0.4) is 0 Å². The normalized spacial score (nSPS) is 10.0. The van der Waals surface area contributed by atoms with Crippen molar-refractivity contribution in [2.45, 2.75) is 13.8 Å². The van der Waals surface area contributed by atoms with Crippen molar-refractivity contribution >= 4 is 0 Å². The Morgan fingerprint density at radius 1 is 0.667 bits per heavy atom. The molecular formula is C12H29NO5. The van der Waals surface area contributed by atoms with Gasteiger partial charge in [0.15, 0.2) is 0 Å². The molecule has 0 spiro atoms. The number of hydrogen-bond donors (Lipinski definition) is 2. The minimum absolute atomic E-state index is 0.0475. The van der Waals surface area contributed by atoms with Crippen LogP contribution < -0.4 is 5.73 Å². The first kappa shape index (κ1) is 20.1. The largest absolute Gasteiger partial charge is 0.394 e. The topological polar surface area (TPSA) is 83.2 Å². The van der Waals surface area contributed by atoms with Gasteiger partial charge in [-0.05, 0) is 0 Å². The van der Waals surface area contributed by atoms with E-state index in [1.807, 2.05) is 13.8 Å². The quantitative estimate of drug-likeness (QED) is 0.458. The lowest BCUT2D eigenvalue weighted by molar-refractivity contribution is -0.00481. The maximum Gasteiger partial charge on any atom is 0.0701 e. The molecule has 0 unspecified atom stereocenters. The van der Waals surface area contributed by atoms with Gasteiger partial charge in [0, 0.05) is 6.54 Å². The molecule has 0 aromatic heterocycles. The van der Waals surface area contributed by atoms with Gasteiger partial charge in [0.1, 0.15) is 0 Å². The van der Waals surface area contributed by atoms with Crippen LogP contribution in [-0.4, -0.2) is 71.1 Å². The van der Waals surface area contributed by atoms with Gasteiger partial charge in [-0.2, -0.15) is 0 Å². The standard InChI is InChI=1S/C10H23NO5.C2H6/c11-1-3-13-5-7-15-9-10-16-8-6-14-4-2-12;1-2/h12H,1-11H2;1-2H3. The molecule has 0 saturated heterocycles. The molecule has 0 saturated carbocycles. The third kappa shape index (κ3) is 21.1. The van der Waals surface area contributed by atoms with Gasteiger partial charge < -0.3 is 29.8 Å². The summed E-state index contributed by atoms with van der Waals surface area (Å²) < 4.78 is 20.6. The van der Waals surface area contributed by atoms with E-state index < -0.39 is 0 Å². The number of hydrogen-bond acceptors (Lipinski definition) is 6. The zero-order valence-corrected chi connectivity index (χ0v) is 11.7. The second kappa shape index (κ2) is 22.0. The van der Waals surface area contributed by atoms with Crippen molar-refractivity contribution in [1.82, 2.24) is 0 Å². The lowest BCUT2D eigenvalue weighted by Gasteiger charge is -2.06. The van der Waals surface area contributed by atoms with Crippen molar-refractivity contribution in [3.63, 3.8) is 0 Å². The Hall–Kier alpha value is -0.240. The molecule has 3 N–H and O–H groups in total. The minimum atomic E-state index is 0.0475. The van der Waals surface area contributed by atoms with E-state index in [0.717, 1.165) is 0 Å². The van der Waals surface area contributed by atoms with Crippen LogP contribution in [0.15, 0.2) is 0 Å². The van der Waals surface area contributed by atoms with Crippen molar-refractivity contribution in [3.8, 4) is 0 Å². The third-order valence-corrected chi connectivity index (χ3v) is 1.61. The molecule has 0 rings (SSSR count). The Labute approximate surface area is 110 Å². The van der Waals surface area contributed by atoms with Crippen LogP contribution in [0.4, 0.5) is 0 Å². The first-order chi connectivity index (χ1) is 8.91. The van der Waals surface area contributed by atoms with Crippen molar-refractivity contribution in [1.29, 1.82) is 0 Å². The fourth-order valence-corrected chi connectivity index (χ4v) is 0.910. The van der Waals surface area contributed by atoms with E-state index in [0.29, 0.717) is 59.4 Å². The molecule has 6 nitrogen and oxygen atoms in total. The van der Waals surface area contributed by atoms with E-state index in [2.05, 4.69) is 0 Å². The van der Waals surface area contributed by atoms with E-state index in [1.54, 1.807) is 0 Å². The smallest absolute Gasteiger partial charge is 0.0701 e. The average Bonchev–Trinajstić information content (AvgIpc) is 2.42. The van der Waals surface area contributed by atoms with Gasteiger partial charge >= 0.3 is 0 Å². The second-order valence-corrected chi connectivity index (χ2v) is 2.96. The second-order valence-electron chi connectivity index (χ2n) is 2.96. The number of aliphatic hydroxyl groups is 1. The van der Waals surface area contributed by atoms with Gasteiger partial charge in [-0.3, -0.25) is 0 Å². The van der Waals surface area contributed by atoms with Crippen LogP contribution in [0.25, 0.3) is 0 Å². The summed E-state index contributed by atoms with van der Waals surface area (Å²) in [6, 6.07) is 0. The molecule has 0 radical (unpaired) electrons. The lowest BCUT2D eigenvalue weighted by atomic mass is 10.7. The fourth-order valence-electron chi connectivity index (χ4n) is 0.910. The summed E-state index contributed by atoms with van der Waals surface area (Å²) in [7, 11) is 0. The minimum Gasteiger partial charge on any atom is -0.394 e. The first-order valence-corrected chi connectivity index (χ1v) is 6.53. The van der Waals surface area contributed by atoms with Crippen LogP contribution in [0, 0.1) is 0 Å². The summed E-state index contributed by atoms with van der Waals surface area (Å²) >= 11 is 0. The van der Waals surface area contributed by atoms with E-state index in [-0.39, 0.29) is 6.61 Å². The molecule has 0 atom stereocenters. The predicted octanol–water partition coefficient (Wildman–Crippen LogP) is 0.0300. The monoisotopic (exact) mass is 267 g/mol. The fraction of sp³-hybridized carbons (Fsp3) is 1.00. The molecule has 6 heteroatoms. The molecule has 0 aliphatic carbocycles. The Morgan fingerprint density at radius 3 is 1.33 bits per heavy atom. The summed E-state index contributed by atoms with van der Waals surface area (Å²) in [5, 5.41) is 8.42. The average molecular weight is 267 g/mol. The Bertz CT molecular complexity index is 113. The van der Waals surface area contributed by atoms with Crippen molar-refractivity contribution in [2.75, 3.05) is 66.0 Å². The van der Waals surface area contributed by atoms with E-state index in [4.69, 9.17) is 29.8 Å². The molecular weight excluding hydrogens is 238 g/mol. The highest BCUT2D eigenvalue weighted by Gasteiger charge is 1.91. The number of aliphatic hydroxyl groups excluding tert-OH is 1. The summed E-state index contributed by atoms with van der Waals surface area (Å²) in [4.78, 5) is 0. The molecule has 0 bridgehead atoms. The van der Waals surface area contributed by atoms with Crippen molar-refractivity contribution < 1.29 is 24.1 Å². The Morgan fingerprint density at radius 2 is 1.00 bits per heavy atom. The highest BCUT2D eigenvalue weighted by Crippen LogP contribution is 1.82. The van der Waals surface area contributed by atoms with Gasteiger partial charge in [-0.1, -0.05) is 13.8 Å². The molecule has 0 aliphatic rings. The maximum atomic E-state index is 8.42. The Balaban J connectivity index is 0. The number of nitrogens with two attached hydrogens (primary N) is 1. The van der Waals surface area contributed by atoms with Gasteiger partial charge in [0.05, 0.1) is 59.5 Å². The molecule has 0 amide bonds. The van der Waals surface area contributed by atoms with Crippen LogP contribution in [0.2, 0.25) is 0 Å². The van der Waals surface area contributed by atoms with Crippen molar-refractivity contribution in [3.05, 3.63) is 0 Å². The third-order valence-electron chi connectivity index (χ3n) is 1.61. The predicted molar refractivity (Wildman–Crippen MR) is 70.8 cm³/mol. The van der Waals surface area contributed by atoms with Gasteiger partial charge in [-0.25, -0.2) is 0 Å². The zero-order chi connectivity index (χ0) is 13.9. The molecule has 0 fully saturated rings. The van der Waals surface area contributed by atoms with Crippen molar-refractivity contribution in [2.24, 2.45) is 5.73 Å². The first-order valence-electron chi connectivity index (χ1n) is 6.53. The molecule has 0 aromatic carbocycles. The summed E-state index contributed by atoms with van der Waals surface area (Å²) in [6.45, 7) is 8.75. The molecule has 18 heavy (non-hydrogen) atoms. The van der Waals surface area contributed by atoms with Crippen LogP contribution in [-0.2, 0) is 18.9 Å². The zero-order valence-electron chi connectivity index (χ0n) is 11.7. The number of rotatable bonds is 13. The van der Waals surface area contributed by atoms with Crippen LogP contribution >= 0.6 is 0 Å². The van der Waals surface area contributed by atoms with Crippen LogP contribution in [0.5, 0.6) is 0 Å². The van der Waals surface area contributed by atoms with Crippen LogP contribution in [0.1, 0.15) is 13.8 Å². The number of ether oxygens (including phenoxy) is 4. The highest BCUT2D eigenvalue weighted by molar-refractivity contribution is 4.35. The molecule has 0 heterocycles. The van der Waals surface area contributed by atoms with Gasteiger partial charge in [0.25, 0.3) is 0 Å². The maximum absolute atomic E-state index is 8.42. The van der Waals surface area contributed by atoms with Gasteiger partial charge in [-0.15, -0.1) is 0 Å². The molecule has 0 aromatic rings. The highest BCUT2D eigenvalue weighted by atomic mass is 16.6. The van der Waals surface area contributed by atoms with E-state index in [9.17, 15) is 0 Å². The summed E-state index contributed by atoms with van der Waals surface area (Å²) in [5.74, 6) is 0. The lowest BCUT2D eigenvalue weighted by Crippen LogP contribution is -2.14. The van der Waals surface area contributed by atoms with Gasteiger partial charge in [0.2, 0.25) is 0 Å². The van der Waals surface area contributed by atoms with E-state index >= 15 is 0 Å². The summed E-state index contributed by atoms with van der Waals surface area (Å²) in [5.41, 5.74) is 5.25. The molecule has 112 valence electrons. The van der Waals surface area contributed by atoms with E-state index in [1.165, 1.54) is 0 Å². The molecule has 0 aliphatic heterocycles.